The van der Waals surface area contributed by atoms with Gasteiger partial charge in [0.15, 0.2) is 0 Å². The van der Waals surface area contributed by atoms with Gasteiger partial charge in [-0.2, -0.15) is 0 Å². The van der Waals surface area contributed by atoms with Gasteiger partial charge in [0.25, 0.3) is 11.8 Å². The van der Waals surface area contributed by atoms with Crippen LogP contribution < -0.4 is 5.32 Å². The molecule has 0 spiro atoms. The molecular weight excluding hydrogens is 397 g/mol. The van der Waals surface area contributed by atoms with Crippen molar-refractivity contribution in [2.75, 3.05) is 13.1 Å². The van der Waals surface area contributed by atoms with Gasteiger partial charge in [0.05, 0.1) is 5.69 Å². The molecule has 2 aromatic carbocycles. The van der Waals surface area contributed by atoms with Gasteiger partial charge in [0.1, 0.15) is 5.82 Å². The molecule has 1 aliphatic heterocycles. The molecule has 0 unspecified atom stereocenters. The highest BCUT2D eigenvalue weighted by molar-refractivity contribution is 5.95. The number of hydrogen-bond acceptors (Lipinski definition) is 4. The summed E-state index contributed by atoms with van der Waals surface area (Å²) >= 11 is 0. The van der Waals surface area contributed by atoms with E-state index >= 15 is 0 Å². The largest absolute Gasteiger partial charge is 0.351 e. The van der Waals surface area contributed by atoms with Crippen LogP contribution in [-0.4, -0.2) is 35.0 Å². The van der Waals surface area contributed by atoms with Gasteiger partial charge in [0.2, 0.25) is 5.76 Å². The lowest BCUT2D eigenvalue weighted by atomic mass is 9.93. The number of rotatable bonds is 5. The highest BCUT2D eigenvalue weighted by atomic mass is 19.1. The van der Waals surface area contributed by atoms with Gasteiger partial charge in [-0.25, -0.2) is 4.39 Å². The highest BCUT2D eigenvalue weighted by Crippen LogP contribution is 2.28. The minimum absolute atomic E-state index is 0.0533. The number of nitrogens with one attached hydrogen (secondary N) is 1. The normalized spacial score (nSPS) is 14.5. The van der Waals surface area contributed by atoms with Crippen LogP contribution in [0.1, 0.15) is 56.5 Å². The quantitative estimate of drug-likeness (QED) is 0.674. The second-order valence-corrected chi connectivity index (χ2v) is 7.81. The third-order valence-corrected chi connectivity index (χ3v) is 5.69. The first kappa shape index (κ1) is 20.8. The van der Waals surface area contributed by atoms with E-state index in [2.05, 4.69) is 10.5 Å². The molecule has 7 heteroatoms. The molecule has 0 radical (unpaired) electrons. The van der Waals surface area contributed by atoms with Crippen molar-refractivity contribution in [1.82, 2.24) is 15.4 Å². The van der Waals surface area contributed by atoms with Crippen molar-refractivity contribution >= 4 is 11.8 Å². The number of likely N-dealkylation sites (tertiary alicyclic amines) is 1. The van der Waals surface area contributed by atoms with Crippen molar-refractivity contribution in [1.29, 1.82) is 0 Å². The van der Waals surface area contributed by atoms with E-state index in [-0.39, 0.29) is 35.9 Å². The molecule has 0 atom stereocenters. The molecule has 2 heterocycles. The molecule has 3 aromatic rings. The van der Waals surface area contributed by atoms with Crippen LogP contribution in [0.2, 0.25) is 0 Å². The number of carbonyl (C=O) groups is 2. The van der Waals surface area contributed by atoms with Gasteiger partial charge in [0, 0.05) is 37.2 Å². The van der Waals surface area contributed by atoms with Crippen LogP contribution in [0.4, 0.5) is 4.39 Å². The summed E-state index contributed by atoms with van der Waals surface area (Å²) in [6.07, 6.45) is 1.53. The molecule has 4 rings (SSSR count). The molecule has 2 amide bonds. The number of nitrogens with zero attached hydrogens (tertiary/aromatic N) is 2. The molecule has 6 nitrogen and oxygen atoms in total. The van der Waals surface area contributed by atoms with E-state index in [0.29, 0.717) is 13.1 Å². The van der Waals surface area contributed by atoms with Gasteiger partial charge in [-0.15, -0.1) is 0 Å². The predicted molar refractivity (Wildman–Crippen MR) is 113 cm³/mol. The Morgan fingerprint density at radius 2 is 1.84 bits per heavy atom. The van der Waals surface area contributed by atoms with Crippen LogP contribution in [-0.2, 0) is 6.54 Å². The number of piperidine rings is 1. The van der Waals surface area contributed by atoms with Crippen LogP contribution in [0, 0.1) is 12.7 Å². The fourth-order valence-corrected chi connectivity index (χ4v) is 3.82. The zero-order valence-electron chi connectivity index (χ0n) is 17.3. The summed E-state index contributed by atoms with van der Waals surface area (Å²) < 4.78 is 18.2. The van der Waals surface area contributed by atoms with Gasteiger partial charge in [-0.05, 0) is 49.1 Å². The van der Waals surface area contributed by atoms with Gasteiger partial charge in [-0.3, -0.25) is 9.59 Å². The first-order valence-corrected chi connectivity index (χ1v) is 10.4. The molecule has 0 aliphatic carbocycles. The summed E-state index contributed by atoms with van der Waals surface area (Å²) in [5.41, 5.74) is 3.24. The van der Waals surface area contributed by atoms with Crippen molar-refractivity contribution in [3.63, 3.8) is 0 Å². The average molecular weight is 421 g/mol. The van der Waals surface area contributed by atoms with E-state index in [1.165, 1.54) is 12.1 Å². The molecule has 1 saturated heterocycles. The van der Waals surface area contributed by atoms with Crippen LogP contribution in [0.25, 0.3) is 0 Å². The summed E-state index contributed by atoms with van der Waals surface area (Å²) in [5.74, 6) is -0.340. The van der Waals surface area contributed by atoms with E-state index in [0.717, 1.165) is 35.2 Å². The molecule has 31 heavy (non-hydrogen) atoms. The van der Waals surface area contributed by atoms with Gasteiger partial charge in [-0.1, -0.05) is 35.5 Å². The van der Waals surface area contributed by atoms with Crippen LogP contribution >= 0.6 is 0 Å². The monoisotopic (exact) mass is 421 g/mol. The lowest BCUT2D eigenvalue weighted by molar-refractivity contribution is 0.0710. The maximum absolute atomic E-state index is 13.0. The summed E-state index contributed by atoms with van der Waals surface area (Å²) in [5, 5.41) is 6.83. The summed E-state index contributed by atoms with van der Waals surface area (Å²) in [6, 6.07) is 15.2. The Morgan fingerprint density at radius 1 is 1.13 bits per heavy atom. The van der Waals surface area contributed by atoms with Crippen molar-refractivity contribution < 1.29 is 18.5 Å². The lowest BCUT2D eigenvalue weighted by Crippen LogP contribution is -2.38. The molecule has 1 aromatic heterocycles. The second kappa shape index (κ2) is 9.12. The highest BCUT2D eigenvalue weighted by Gasteiger charge is 2.27. The smallest absolute Gasteiger partial charge is 0.290 e. The number of aromatic nitrogens is 1. The Morgan fingerprint density at radius 3 is 2.55 bits per heavy atom. The Bertz CT molecular complexity index is 1070. The molecular formula is C24H24FN3O3. The van der Waals surface area contributed by atoms with Crippen molar-refractivity contribution in [2.45, 2.75) is 32.2 Å². The predicted octanol–water partition coefficient (Wildman–Crippen LogP) is 4.07. The topological polar surface area (TPSA) is 75.4 Å². The number of hydrogen-bond donors (Lipinski definition) is 1. The van der Waals surface area contributed by atoms with E-state index in [9.17, 15) is 14.0 Å². The Balaban J connectivity index is 1.31. The zero-order chi connectivity index (χ0) is 21.8. The van der Waals surface area contributed by atoms with Crippen molar-refractivity contribution in [3.05, 3.63) is 88.6 Å². The lowest BCUT2D eigenvalue weighted by Gasteiger charge is -2.31. The molecule has 1 fully saturated rings. The fraction of sp³-hybridized carbons (Fsp3) is 0.292. The minimum atomic E-state index is -0.366. The number of amides is 2. The van der Waals surface area contributed by atoms with E-state index in [4.69, 9.17) is 4.52 Å². The van der Waals surface area contributed by atoms with Crippen LogP contribution in [0.5, 0.6) is 0 Å². The summed E-state index contributed by atoms with van der Waals surface area (Å²) in [7, 11) is 0. The SMILES string of the molecule is Cc1ccccc1C(=O)N1CCC(c2cc(C(=O)NCc3ccc(F)cc3)on2)CC1. The summed E-state index contributed by atoms with van der Waals surface area (Å²) in [6.45, 7) is 3.49. The third-order valence-electron chi connectivity index (χ3n) is 5.69. The number of aryl methyl sites for hydroxylation is 1. The second-order valence-electron chi connectivity index (χ2n) is 7.81. The Labute approximate surface area is 180 Å². The van der Waals surface area contributed by atoms with E-state index < -0.39 is 0 Å². The minimum Gasteiger partial charge on any atom is -0.351 e. The van der Waals surface area contributed by atoms with Gasteiger partial charge < -0.3 is 14.7 Å². The van der Waals surface area contributed by atoms with Crippen LogP contribution in [0.3, 0.4) is 0 Å². The first-order chi connectivity index (χ1) is 15.0. The maximum atomic E-state index is 13.0. The van der Waals surface area contributed by atoms with E-state index in [1.54, 1.807) is 18.2 Å². The van der Waals surface area contributed by atoms with Gasteiger partial charge >= 0.3 is 0 Å². The molecule has 1 aliphatic rings. The fourth-order valence-electron chi connectivity index (χ4n) is 3.82. The van der Waals surface area contributed by atoms with Crippen molar-refractivity contribution in [3.8, 4) is 0 Å². The third kappa shape index (κ3) is 4.82. The molecule has 160 valence electrons. The van der Waals surface area contributed by atoms with E-state index in [1.807, 2.05) is 36.1 Å². The zero-order valence-corrected chi connectivity index (χ0v) is 17.3. The number of carbonyl (C=O) groups excluding carboxylic acids is 2. The standard InChI is InChI=1S/C24H24FN3O3/c1-16-4-2-3-5-20(16)24(30)28-12-10-18(11-13-28)21-14-22(31-27-21)23(29)26-15-17-6-8-19(25)9-7-17/h2-9,14,18H,10-13,15H2,1H3,(H,26,29). The molecule has 0 saturated carbocycles. The molecule has 0 bridgehead atoms. The van der Waals surface area contributed by atoms with Crippen LogP contribution in [0.15, 0.2) is 59.1 Å². The number of halogens is 1. The summed E-state index contributed by atoms with van der Waals surface area (Å²) in [4.78, 5) is 27.0. The van der Waals surface area contributed by atoms with Crippen molar-refractivity contribution in [2.24, 2.45) is 0 Å². The Hall–Kier alpha value is -3.48. The molecule has 1 N–H and O–H groups in total. The maximum Gasteiger partial charge on any atom is 0.290 e. The first-order valence-electron chi connectivity index (χ1n) is 10.4. The number of benzene rings is 2. The average Bonchev–Trinajstić information content (AvgIpc) is 3.29. The Kier molecular flexibility index (Phi) is 6.11.